The number of hydrogen-bond acceptors (Lipinski definition) is 14. The Kier molecular flexibility index (Phi) is 14.3. The van der Waals surface area contributed by atoms with Gasteiger partial charge in [-0.1, -0.05) is 42.7 Å². The van der Waals surface area contributed by atoms with Crippen LogP contribution in [-0.2, 0) is 30.2 Å². The number of carbonyl (C=O) groups excluding carboxylic acids is 4. The molecule has 0 aliphatic carbocycles. The molecule has 1 atom stereocenters. The summed E-state index contributed by atoms with van der Waals surface area (Å²) in [5.41, 5.74) is 5.32. The first-order chi connectivity index (χ1) is 27.4. The van der Waals surface area contributed by atoms with Gasteiger partial charge in [-0.25, -0.2) is 24.2 Å². The normalized spacial score (nSPS) is 11.6. The second-order valence-electron chi connectivity index (χ2n) is 13.2. The molecule has 1 unspecified atom stereocenters. The fraction of sp³-hybridized carbons (Fsp3) is 0.209. The molecular formula is C43H41N3O10S. The van der Waals surface area contributed by atoms with Crippen molar-refractivity contribution in [1.82, 2.24) is 4.98 Å². The third-order valence-electron chi connectivity index (χ3n) is 7.63. The molecule has 294 valence electrons. The van der Waals surface area contributed by atoms with E-state index >= 15 is 0 Å². The topological polar surface area (TPSA) is 161 Å². The Balaban J connectivity index is 1.24. The van der Waals surface area contributed by atoms with Gasteiger partial charge in [-0.3, -0.25) is 5.43 Å². The van der Waals surface area contributed by atoms with Gasteiger partial charge in [0.15, 0.2) is 6.10 Å². The monoisotopic (exact) mass is 791 g/mol. The largest absolute Gasteiger partial charge is 0.490 e. The molecule has 4 aromatic carbocycles. The molecule has 0 aliphatic heterocycles. The summed E-state index contributed by atoms with van der Waals surface area (Å²) in [6.45, 7) is 12.2. The maximum Gasteiger partial charge on any atom is 0.343 e. The van der Waals surface area contributed by atoms with E-state index in [0.717, 1.165) is 27.9 Å². The van der Waals surface area contributed by atoms with Gasteiger partial charge >= 0.3 is 23.9 Å². The molecule has 14 heteroatoms. The van der Waals surface area contributed by atoms with E-state index in [-0.39, 0.29) is 36.7 Å². The highest BCUT2D eigenvalue weighted by Gasteiger charge is 2.18. The molecule has 1 aromatic heterocycles. The predicted molar refractivity (Wildman–Crippen MR) is 216 cm³/mol. The van der Waals surface area contributed by atoms with Crippen molar-refractivity contribution in [2.24, 2.45) is 5.10 Å². The van der Waals surface area contributed by atoms with Gasteiger partial charge in [-0.05, 0) is 99.1 Å². The highest BCUT2D eigenvalue weighted by molar-refractivity contribution is 7.22. The van der Waals surface area contributed by atoms with Gasteiger partial charge < -0.3 is 28.4 Å². The summed E-state index contributed by atoms with van der Waals surface area (Å²) in [6.07, 6.45) is 2.94. The Morgan fingerprint density at radius 1 is 0.825 bits per heavy atom. The average molecular weight is 792 g/mol. The molecule has 57 heavy (non-hydrogen) atoms. The van der Waals surface area contributed by atoms with Gasteiger partial charge in [0, 0.05) is 24.1 Å². The van der Waals surface area contributed by atoms with Crippen molar-refractivity contribution in [2.75, 3.05) is 25.2 Å². The van der Waals surface area contributed by atoms with Crippen LogP contribution in [-0.4, -0.2) is 66.6 Å². The first kappa shape index (κ1) is 41.4. The first-order valence-corrected chi connectivity index (χ1v) is 18.5. The molecular weight excluding hydrogens is 751 g/mol. The standard InChI is InChI=1S/C43H41N3O10S/c1-6-38(47)53-27-34(54-39(48)7-2)26-52-32-17-13-30(14-18-32)41(50)55-36-21-12-28(22-23-51-40(49)29-15-19-33(20-16-29)56-43(3,4)5)24-31(36)25-44-46-42-45-35-10-8-9-11-37(35)57-42/h6-21,24-25,34H,1-2,22-23,26-27H2,3-5H3,(H,45,46)/b44-25+. The van der Waals surface area contributed by atoms with Crippen molar-refractivity contribution in [3.63, 3.8) is 0 Å². The molecule has 0 spiro atoms. The van der Waals surface area contributed by atoms with Crippen LogP contribution in [0.3, 0.4) is 0 Å². The summed E-state index contributed by atoms with van der Waals surface area (Å²) >= 11 is 1.44. The molecule has 0 saturated heterocycles. The van der Waals surface area contributed by atoms with Gasteiger partial charge in [-0.2, -0.15) is 5.10 Å². The number of para-hydroxylation sites is 1. The number of carbonyl (C=O) groups is 4. The Hall–Kier alpha value is -6.80. The van der Waals surface area contributed by atoms with Crippen LogP contribution in [0.1, 0.15) is 52.6 Å². The second-order valence-corrected chi connectivity index (χ2v) is 14.2. The van der Waals surface area contributed by atoms with Crippen molar-refractivity contribution in [2.45, 2.75) is 38.9 Å². The molecule has 5 aromatic rings. The number of hydrogen-bond donors (Lipinski definition) is 1. The number of fused-ring (bicyclic) bond motifs is 1. The summed E-state index contributed by atoms with van der Waals surface area (Å²) in [4.78, 5) is 53.8. The smallest absolute Gasteiger partial charge is 0.343 e. The number of aromatic nitrogens is 1. The van der Waals surface area contributed by atoms with Crippen LogP contribution < -0.4 is 19.6 Å². The number of nitrogens with zero attached hydrogens (tertiary/aromatic N) is 2. The van der Waals surface area contributed by atoms with Crippen LogP contribution in [0.2, 0.25) is 0 Å². The third kappa shape index (κ3) is 12.9. The van der Waals surface area contributed by atoms with Crippen molar-refractivity contribution in [1.29, 1.82) is 0 Å². The lowest BCUT2D eigenvalue weighted by atomic mass is 10.1. The van der Waals surface area contributed by atoms with Crippen LogP contribution in [0.5, 0.6) is 17.2 Å². The molecule has 0 radical (unpaired) electrons. The van der Waals surface area contributed by atoms with Crippen molar-refractivity contribution >= 4 is 56.8 Å². The van der Waals surface area contributed by atoms with Gasteiger partial charge in [-0.15, -0.1) is 0 Å². The van der Waals surface area contributed by atoms with E-state index in [2.05, 4.69) is 28.7 Å². The average Bonchev–Trinajstić information content (AvgIpc) is 3.62. The maximum atomic E-state index is 13.3. The van der Waals surface area contributed by atoms with Crippen LogP contribution in [0.25, 0.3) is 10.2 Å². The van der Waals surface area contributed by atoms with E-state index in [1.807, 2.05) is 45.0 Å². The fourth-order valence-corrected chi connectivity index (χ4v) is 5.80. The highest BCUT2D eigenvalue weighted by Crippen LogP contribution is 2.26. The summed E-state index contributed by atoms with van der Waals surface area (Å²) in [5.74, 6) is -1.28. The molecule has 0 bridgehead atoms. The number of ether oxygens (including phenoxy) is 6. The quantitative estimate of drug-likeness (QED) is 0.0230. The third-order valence-corrected chi connectivity index (χ3v) is 8.57. The molecule has 1 heterocycles. The molecule has 1 N–H and O–H groups in total. The molecule has 0 amide bonds. The lowest BCUT2D eigenvalue weighted by Gasteiger charge is -2.21. The number of thiazole rings is 1. The first-order valence-electron chi connectivity index (χ1n) is 17.7. The second kappa shape index (κ2) is 19.7. The van der Waals surface area contributed by atoms with E-state index in [4.69, 9.17) is 28.4 Å². The van der Waals surface area contributed by atoms with Crippen molar-refractivity contribution in [3.8, 4) is 17.2 Å². The van der Waals surface area contributed by atoms with E-state index in [1.165, 1.54) is 29.7 Å². The Morgan fingerprint density at radius 2 is 1.51 bits per heavy atom. The molecule has 5 rings (SSSR count). The van der Waals surface area contributed by atoms with Crippen molar-refractivity contribution in [3.05, 3.63) is 139 Å². The van der Waals surface area contributed by atoms with Crippen molar-refractivity contribution < 1.29 is 47.6 Å². The lowest BCUT2D eigenvalue weighted by Crippen LogP contribution is -2.30. The fourth-order valence-electron chi connectivity index (χ4n) is 4.98. The summed E-state index contributed by atoms with van der Waals surface area (Å²) in [6, 6.07) is 25.8. The van der Waals surface area contributed by atoms with Gasteiger partial charge in [0.25, 0.3) is 0 Å². The summed E-state index contributed by atoms with van der Waals surface area (Å²) in [7, 11) is 0. The minimum Gasteiger partial charge on any atom is -0.490 e. The van der Waals surface area contributed by atoms with E-state index in [1.54, 1.807) is 54.6 Å². The van der Waals surface area contributed by atoms with E-state index < -0.39 is 30.0 Å². The summed E-state index contributed by atoms with van der Waals surface area (Å²) in [5, 5.41) is 4.94. The zero-order valence-corrected chi connectivity index (χ0v) is 32.4. The van der Waals surface area contributed by atoms with Gasteiger partial charge in [0.05, 0.1) is 34.2 Å². The van der Waals surface area contributed by atoms with Crippen LogP contribution >= 0.6 is 11.3 Å². The van der Waals surface area contributed by atoms with Crippen LogP contribution in [0, 0.1) is 0 Å². The van der Waals surface area contributed by atoms with Crippen LogP contribution in [0.4, 0.5) is 5.13 Å². The van der Waals surface area contributed by atoms with E-state index in [0.29, 0.717) is 34.2 Å². The van der Waals surface area contributed by atoms with Gasteiger partial charge in [0.2, 0.25) is 5.13 Å². The minimum absolute atomic E-state index is 0.102. The van der Waals surface area contributed by atoms with E-state index in [9.17, 15) is 19.2 Å². The SMILES string of the molecule is C=CC(=O)OCC(COc1ccc(C(=O)Oc2ccc(CCOC(=O)c3ccc(OC(C)(C)C)cc3)cc2/C=N/Nc2nc3ccccc3s2)cc1)OC(=O)C=C. The summed E-state index contributed by atoms with van der Waals surface area (Å²) < 4.78 is 34.1. The Labute approximate surface area is 333 Å². The number of rotatable bonds is 18. The molecule has 0 fully saturated rings. The number of nitrogens with one attached hydrogen (secondary N) is 1. The lowest BCUT2D eigenvalue weighted by molar-refractivity contribution is -0.154. The van der Waals surface area contributed by atoms with Crippen LogP contribution in [0.15, 0.2) is 121 Å². The predicted octanol–water partition coefficient (Wildman–Crippen LogP) is 7.74. The number of esters is 4. The zero-order valence-electron chi connectivity index (χ0n) is 31.6. The molecule has 0 saturated carbocycles. The minimum atomic E-state index is -0.922. The zero-order chi connectivity index (χ0) is 40.8. The number of benzene rings is 4. The Morgan fingerprint density at radius 3 is 2.19 bits per heavy atom. The molecule has 0 aliphatic rings. The number of anilines is 1. The Bertz CT molecular complexity index is 2210. The maximum absolute atomic E-state index is 13.3. The highest BCUT2D eigenvalue weighted by atomic mass is 32.1. The molecule has 13 nitrogen and oxygen atoms in total. The van der Waals surface area contributed by atoms with Gasteiger partial charge in [0.1, 0.15) is 36.1 Å². The number of hydrazone groups is 1.